The van der Waals surface area contributed by atoms with Crippen molar-refractivity contribution in [3.8, 4) is 11.3 Å². The fourth-order valence-electron chi connectivity index (χ4n) is 3.84. The van der Waals surface area contributed by atoms with E-state index in [-0.39, 0.29) is 12.0 Å². The van der Waals surface area contributed by atoms with Gasteiger partial charge in [0.25, 0.3) is 5.91 Å². The van der Waals surface area contributed by atoms with Gasteiger partial charge < -0.3 is 24.3 Å². The van der Waals surface area contributed by atoms with Crippen molar-refractivity contribution in [3.63, 3.8) is 0 Å². The first-order chi connectivity index (χ1) is 14.6. The molecule has 0 bridgehead atoms. The van der Waals surface area contributed by atoms with Crippen molar-refractivity contribution >= 4 is 11.9 Å². The number of amides is 1. The van der Waals surface area contributed by atoms with Crippen molar-refractivity contribution < 1.29 is 13.9 Å². The molecular weight excluding hydrogens is 382 g/mol. The Morgan fingerprint density at radius 2 is 1.93 bits per heavy atom. The first kappa shape index (κ1) is 20.4. The largest absolute Gasteiger partial charge is 0.439 e. The van der Waals surface area contributed by atoms with E-state index in [1.165, 1.54) is 5.56 Å². The highest BCUT2D eigenvalue weighted by atomic mass is 16.5. The van der Waals surface area contributed by atoms with Crippen molar-refractivity contribution in [3.05, 3.63) is 41.9 Å². The van der Waals surface area contributed by atoms with E-state index in [0.717, 1.165) is 43.2 Å². The van der Waals surface area contributed by atoms with Gasteiger partial charge in [0.15, 0.2) is 11.7 Å². The Labute approximate surface area is 176 Å². The fraction of sp³-hybridized carbons (Fsp3) is 0.500. The number of aliphatic imine (C=N–C) groups is 1. The topological polar surface area (TPSA) is 83.2 Å². The molecule has 4 rings (SSSR count). The lowest BCUT2D eigenvalue weighted by molar-refractivity contribution is -0.142. The molecule has 8 nitrogen and oxygen atoms in total. The molecule has 3 heterocycles. The van der Waals surface area contributed by atoms with Crippen LogP contribution >= 0.6 is 0 Å². The number of benzene rings is 1. The van der Waals surface area contributed by atoms with E-state index < -0.39 is 0 Å². The molecule has 0 radical (unpaired) electrons. The third-order valence-electron chi connectivity index (χ3n) is 5.60. The Bertz CT molecular complexity index is 878. The van der Waals surface area contributed by atoms with Crippen molar-refractivity contribution in [2.24, 2.45) is 4.99 Å². The normalized spacial score (nSPS) is 19.9. The molecule has 0 aliphatic carbocycles. The lowest BCUT2D eigenvalue weighted by Crippen LogP contribution is -2.55. The van der Waals surface area contributed by atoms with Crippen molar-refractivity contribution in [1.82, 2.24) is 20.1 Å². The second-order valence-electron chi connectivity index (χ2n) is 7.70. The summed E-state index contributed by atoms with van der Waals surface area (Å²) in [6.45, 7) is 6.03. The van der Waals surface area contributed by atoms with Crippen LogP contribution in [0, 0.1) is 6.92 Å². The van der Waals surface area contributed by atoms with Gasteiger partial charge in [-0.25, -0.2) is 4.98 Å². The van der Waals surface area contributed by atoms with Gasteiger partial charge in [0.05, 0.1) is 12.7 Å². The van der Waals surface area contributed by atoms with Crippen molar-refractivity contribution in [1.29, 1.82) is 0 Å². The average molecular weight is 412 g/mol. The summed E-state index contributed by atoms with van der Waals surface area (Å²) in [5, 5.41) is 3.32. The standard InChI is InChI=1S/C22H29N5O3/c1-16-5-7-17(8-6-16)19-14-24-20(30-19)15-25-22(23-2)27-11-9-26(10-12-27)21(28)18-4-3-13-29-18/h5-8,14,18H,3-4,9-13,15H2,1-2H3,(H,23,25). The lowest BCUT2D eigenvalue weighted by atomic mass is 10.1. The Morgan fingerprint density at radius 3 is 2.60 bits per heavy atom. The molecule has 1 aromatic carbocycles. The monoisotopic (exact) mass is 411 g/mol. The van der Waals surface area contributed by atoms with Crippen LogP contribution < -0.4 is 5.32 Å². The van der Waals surface area contributed by atoms with E-state index >= 15 is 0 Å². The molecule has 2 aliphatic rings. The van der Waals surface area contributed by atoms with Crippen LogP contribution in [-0.4, -0.2) is 72.6 Å². The van der Waals surface area contributed by atoms with Crippen LogP contribution in [0.2, 0.25) is 0 Å². The van der Waals surface area contributed by atoms with Gasteiger partial charge in [0, 0.05) is 45.4 Å². The van der Waals surface area contributed by atoms with Gasteiger partial charge in [-0.05, 0) is 19.8 Å². The van der Waals surface area contributed by atoms with Gasteiger partial charge in [-0.1, -0.05) is 29.8 Å². The number of carbonyl (C=O) groups excluding carboxylic acids is 1. The van der Waals surface area contributed by atoms with Crippen LogP contribution in [0.25, 0.3) is 11.3 Å². The number of aryl methyl sites for hydroxylation is 1. The number of hydrogen-bond acceptors (Lipinski definition) is 5. The van der Waals surface area contributed by atoms with Crippen LogP contribution in [0.3, 0.4) is 0 Å². The summed E-state index contributed by atoms with van der Waals surface area (Å²) in [7, 11) is 1.76. The lowest BCUT2D eigenvalue weighted by Gasteiger charge is -2.37. The van der Waals surface area contributed by atoms with Crippen LogP contribution in [0.1, 0.15) is 24.3 Å². The maximum absolute atomic E-state index is 12.5. The molecule has 1 unspecified atom stereocenters. The quantitative estimate of drug-likeness (QED) is 0.612. The van der Waals surface area contributed by atoms with Gasteiger partial charge >= 0.3 is 0 Å². The number of piperazine rings is 1. The number of nitrogens with one attached hydrogen (secondary N) is 1. The summed E-state index contributed by atoms with van der Waals surface area (Å²) in [4.78, 5) is 25.3. The van der Waals surface area contributed by atoms with Gasteiger partial charge in [-0.3, -0.25) is 9.79 Å². The molecule has 0 spiro atoms. The minimum absolute atomic E-state index is 0.124. The van der Waals surface area contributed by atoms with E-state index in [0.29, 0.717) is 32.1 Å². The van der Waals surface area contributed by atoms with Crippen LogP contribution in [0.4, 0.5) is 0 Å². The Kier molecular flexibility index (Phi) is 6.32. The Morgan fingerprint density at radius 1 is 1.20 bits per heavy atom. The molecule has 1 N–H and O–H groups in total. The predicted molar refractivity (Wildman–Crippen MR) is 114 cm³/mol. The number of oxazole rings is 1. The van der Waals surface area contributed by atoms with Gasteiger partial charge in [0.1, 0.15) is 6.10 Å². The molecule has 1 amide bonds. The number of guanidine groups is 1. The summed E-state index contributed by atoms with van der Waals surface area (Å²) in [5.74, 6) is 2.27. The molecule has 8 heteroatoms. The van der Waals surface area contributed by atoms with E-state index in [9.17, 15) is 4.79 Å². The zero-order valence-corrected chi connectivity index (χ0v) is 17.6. The Hall–Kier alpha value is -2.87. The highest BCUT2D eigenvalue weighted by Crippen LogP contribution is 2.21. The fourth-order valence-corrected chi connectivity index (χ4v) is 3.84. The highest BCUT2D eigenvalue weighted by molar-refractivity contribution is 5.82. The molecule has 1 aromatic heterocycles. The molecule has 160 valence electrons. The highest BCUT2D eigenvalue weighted by Gasteiger charge is 2.30. The molecule has 2 aromatic rings. The zero-order chi connectivity index (χ0) is 20.9. The van der Waals surface area contributed by atoms with Gasteiger partial charge in [0.2, 0.25) is 5.89 Å². The minimum atomic E-state index is -0.248. The number of aromatic nitrogens is 1. The van der Waals surface area contributed by atoms with Crippen molar-refractivity contribution in [2.45, 2.75) is 32.4 Å². The van der Waals surface area contributed by atoms with E-state index in [2.05, 4.69) is 39.2 Å². The smallest absolute Gasteiger partial charge is 0.251 e. The Balaban J connectivity index is 1.28. The van der Waals surface area contributed by atoms with Crippen LogP contribution in [0.15, 0.2) is 39.9 Å². The maximum atomic E-state index is 12.5. The molecule has 2 aliphatic heterocycles. The number of hydrogen-bond donors (Lipinski definition) is 1. The number of rotatable bonds is 4. The van der Waals surface area contributed by atoms with Gasteiger partial charge in [-0.15, -0.1) is 0 Å². The van der Waals surface area contributed by atoms with Crippen LogP contribution in [-0.2, 0) is 16.1 Å². The number of carbonyl (C=O) groups is 1. The minimum Gasteiger partial charge on any atom is -0.439 e. The van der Waals surface area contributed by atoms with Crippen LogP contribution in [0.5, 0.6) is 0 Å². The molecule has 1 atom stereocenters. The first-order valence-corrected chi connectivity index (χ1v) is 10.5. The van der Waals surface area contributed by atoms with Crippen molar-refractivity contribution in [2.75, 3.05) is 39.8 Å². The number of nitrogens with zero attached hydrogens (tertiary/aromatic N) is 4. The maximum Gasteiger partial charge on any atom is 0.251 e. The summed E-state index contributed by atoms with van der Waals surface area (Å²) in [5.41, 5.74) is 2.22. The molecule has 2 saturated heterocycles. The molecular formula is C22H29N5O3. The molecule has 30 heavy (non-hydrogen) atoms. The molecule has 0 saturated carbocycles. The summed E-state index contributed by atoms with van der Waals surface area (Å²) in [6, 6.07) is 8.18. The zero-order valence-electron chi connectivity index (χ0n) is 17.6. The van der Waals surface area contributed by atoms with Gasteiger partial charge in [-0.2, -0.15) is 0 Å². The second kappa shape index (κ2) is 9.30. The SMILES string of the molecule is CN=C(NCc1ncc(-c2ccc(C)cc2)o1)N1CCN(C(=O)C2CCCO2)CC1. The summed E-state index contributed by atoms with van der Waals surface area (Å²) < 4.78 is 11.4. The van der Waals surface area contributed by atoms with E-state index in [4.69, 9.17) is 9.15 Å². The average Bonchev–Trinajstić information content (AvgIpc) is 3.47. The summed E-state index contributed by atoms with van der Waals surface area (Å²) in [6.07, 6.45) is 3.31. The molecule has 2 fully saturated rings. The van der Waals surface area contributed by atoms with E-state index in [1.54, 1.807) is 13.2 Å². The summed E-state index contributed by atoms with van der Waals surface area (Å²) >= 11 is 0. The number of ether oxygens (including phenoxy) is 1. The predicted octanol–water partition coefficient (Wildman–Crippen LogP) is 2.05. The third kappa shape index (κ3) is 4.64. The second-order valence-corrected chi connectivity index (χ2v) is 7.70. The third-order valence-corrected chi connectivity index (χ3v) is 5.60. The first-order valence-electron chi connectivity index (χ1n) is 10.5. The van der Waals surface area contributed by atoms with E-state index in [1.807, 2.05) is 17.0 Å².